The zero-order valence-corrected chi connectivity index (χ0v) is 11.7. The normalized spacial score (nSPS) is 12.8. The standard InChI is InChI=1S/C14H20N2O3/c1-8-9(6-5-7-10(8)15)12(17)16-11(13(18)19)14(2,3)4/h5-7,11H,15H2,1-4H3,(H,16,17)(H,18,19). The SMILES string of the molecule is Cc1c(N)cccc1C(=O)NC(C(=O)O)C(C)(C)C. The van der Waals surface area contributed by atoms with Crippen molar-refractivity contribution in [2.45, 2.75) is 33.7 Å². The van der Waals surface area contributed by atoms with E-state index in [1.54, 1.807) is 45.9 Å². The molecule has 1 atom stereocenters. The summed E-state index contributed by atoms with van der Waals surface area (Å²) in [5.74, 6) is -1.48. The minimum absolute atomic E-state index is 0.399. The monoisotopic (exact) mass is 264 g/mol. The number of benzene rings is 1. The first-order valence-corrected chi connectivity index (χ1v) is 6.03. The third-order valence-electron chi connectivity index (χ3n) is 3.01. The molecule has 0 saturated carbocycles. The van der Waals surface area contributed by atoms with Crippen LogP contribution in [0.15, 0.2) is 18.2 Å². The van der Waals surface area contributed by atoms with E-state index in [2.05, 4.69) is 5.32 Å². The smallest absolute Gasteiger partial charge is 0.326 e. The molecule has 0 aliphatic carbocycles. The molecule has 4 N–H and O–H groups in total. The Hall–Kier alpha value is -2.04. The van der Waals surface area contributed by atoms with Crippen LogP contribution in [0.3, 0.4) is 0 Å². The Balaban J connectivity index is 3.02. The molecule has 5 nitrogen and oxygen atoms in total. The number of nitrogens with one attached hydrogen (secondary N) is 1. The molecule has 0 aliphatic heterocycles. The predicted octanol–water partition coefficient (Wildman–Crippen LogP) is 1.81. The van der Waals surface area contributed by atoms with E-state index >= 15 is 0 Å². The lowest BCUT2D eigenvalue weighted by atomic mass is 9.86. The Morgan fingerprint density at radius 2 is 1.89 bits per heavy atom. The minimum atomic E-state index is -1.05. The number of carbonyl (C=O) groups excluding carboxylic acids is 1. The van der Waals surface area contributed by atoms with E-state index in [0.29, 0.717) is 16.8 Å². The van der Waals surface area contributed by atoms with Crippen molar-refractivity contribution in [3.63, 3.8) is 0 Å². The third kappa shape index (κ3) is 3.47. The van der Waals surface area contributed by atoms with Crippen LogP contribution in [0.25, 0.3) is 0 Å². The van der Waals surface area contributed by atoms with Crippen LogP contribution in [0.2, 0.25) is 0 Å². The van der Waals surface area contributed by atoms with Gasteiger partial charge >= 0.3 is 5.97 Å². The van der Waals surface area contributed by atoms with E-state index in [-0.39, 0.29) is 0 Å². The van der Waals surface area contributed by atoms with Gasteiger partial charge in [-0.3, -0.25) is 4.79 Å². The van der Waals surface area contributed by atoms with Crippen LogP contribution in [0.5, 0.6) is 0 Å². The molecule has 5 heteroatoms. The summed E-state index contributed by atoms with van der Waals surface area (Å²) in [4.78, 5) is 23.4. The van der Waals surface area contributed by atoms with Crippen molar-refractivity contribution in [2.75, 3.05) is 5.73 Å². The van der Waals surface area contributed by atoms with Crippen molar-refractivity contribution in [1.82, 2.24) is 5.32 Å². The number of amides is 1. The van der Waals surface area contributed by atoms with Gasteiger partial charge in [-0.05, 0) is 30.0 Å². The minimum Gasteiger partial charge on any atom is -0.480 e. The van der Waals surface area contributed by atoms with E-state index in [9.17, 15) is 14.7 Å². The molecular weight excluding hydrogens is 244 g/mol. The summed E-state index contributed by atoms with van der Waals surface area (Å²) in [6, 6.07) is 4.04. The molecule has 1 aromatic rings. The molecule has 0 aliphatic rings. The number of nitrogen functional groups attached to an aromatic ring is 1. The molecule has 0 spiro atoms. The molecule has 0 bridgehead atoms. The topological polar surface area (TPSA) is 92.4 Å². The fourth-order valence-corrected chi connectivity index (χ4v) is 1.76. The average molecular weight is 264 g/mol. The van der Waals surface area contributed by atoms with Gasteiger partial charge in [-0.2, -0.15) is 0 Å². The van der Waals surface area contributed by atoms with E-state index in [0.717, 1.165) is 0 Å². The van der Waals surface area contributed by atoms with E-state index in [1.807, 2.05) is 0 Å². The molecule has 19 heavy (non-hydrogen) atoms. The van der Waals surface area contributed by atoms with Gasteiger partial charge in [-0.15, -0.1) is 0 Å². The summed E-state index contributed by atoms with van der Waals surface area (Å²) < 4.78 is 0. The summed E-state index contributed by atoms with van der Waals surface area (Å²) in [6.45, 7) is 7.02. The molecule has 0 aromatic heterocycles. The number of hydrogen-bond donors (Lipinski definition) is 3. The van der Waals surface area contributed by atoms with Crippen LogP contribution in [0, 0.1) is 12.3 Å². The van der Waals surface area contributed by atoms with Crippen LogP contribution in [0.1, 0.15) is 36.7 Å². The van der Waals surface area contributed by atoms with Gasteiger partial charge < -0.3 is 16.2 Å². The Morgan fingerprint density at radius 3 is 2.37 bits per heavy atom. The Morgan fingerprint density at radius 1 is 1.32 bits per heavy atom. The van der Waals surface area contributed by atoms with Crippen molar-refractivity contribution in [3.05, 3.63) is 29.3 Å². The van der Waals surface area contributed by atoms with E-state index < -0.39 is 23.3 Å². The summed E-state index contributed by atoms with van der Waals surface area (Å²) in [7, 11) is 0. The number of anilines is 1. The summed E-state index contributed by atoms with van der Waals surface area (Å²) >= 11 is 0. The number of rotatable bonds is 3. The molecule has 1 rings (SSSR count). The van der Waals surface area contributed by atoms with Crippen molar-refractivity contribution >= 4 is 17.6 Å². The quantitative estimate of drug-likeness (QED) is 0.726. The molecule has 0 radical (unpaired) electrons. The Bertz CT molecular complexity index is 504. The Kier molecular flexibility index (Phi) is 4.19. The highest BCUT2D eigenvalue weighted by molar-refractivity contribution is 5.99. The highest BCUT2D eigenvalue weighted by Crippen LogP contribution is 2.21. The van der Waals surface area contributed by atoms with Gasteiger partial charge in [-0.1, -0.05) is 26.8 Å². The molecule has 1 unspecified atom stereocenters. The second kappa shape index (κ2) is 5.30. The second-order valence-electron chi connectivity index (χ2n) is 5.63. The number of carbonyl (C=O) groups is 2. The fourth-order valence-electron chi connectivity index (χ4n) is 1.76. The lowest BCUT2D eigenvalue weighted by Crippen LogP contribution is -2.49. The summed E-state index contributed by atoms with van der Waals surface area (Å²) in [5.41, 5.74) is 6.72. The number of nitrogens with two attached hydrogens (primary N) is 1. The summed E-state index contributed by atoms with van der Waals surface area (Å²) in [6.07, 6.45) is 0. The van der Waals surface area contributed by atoms with Gasteiger partial charge in [0, 0.05) is 11.3 Å². The predicted molar refractivity (Wildman–Crippen MR) is 73.9 cm³/mol. The van der Waals surface area contributed by atoms with Crippen molar-refractivity contribution in [2.24, 2.45) is 5.41 Å². The van der Waals surface area contributed by atoms with Gasteiger partial charge in [0.2, 0.25) is 0 Å². The largest absolute Gasteiger partial charge is 0.480 e. The summed E-state index contributed by atoms with van der Waals surface area (Å²) in [5, 5.41) is 11.7. The van der Waals surface area contributed by atoms with Crippen LogP contribution in [-0.4, -0.2) is 23.0 Å². The molecule has 0 heterocycles. The molecule has 0 fully saturated rings. The maximum Gasteiger partial charge on any atom is 0.326 e. The van der Waals surface area contributed by atoms with Gasteiger partial charge in [-0.25, -0.2) is 4.79 Å². The molecule has 0 saturated heterocycles. The zero-order chi connectivity index (χ0) is 14.8. The number of hydrogen-bond acceptors (Lipinski definition) is 3. The maximum absolute atomic E-state index is 12.1. The lowest BCUT2D eigenvalue weighted by Gasteiger charge is -2.28. The van der Waals surface area contributed by atoms with Crippen molar-refractivity contribution in [3.8, 4) is 0 Å². The highest BCUT2D eigenvalue weighted by atomic mass is 16.4. The van der Waals surface area contributed by atoms with Crippen LogP contribution < -0.4 is 11.1 Å². The van der Waals surface area contributed by atoms with Crippen LogP contribution in [0.4, 0.5) is 5.69 Å². The first-order valence-electron chi connectivity index (χ1n) is 6.03. The molecular formula is C14H20N2O3. The van der Waals surface area contributed by atoms with E-state index in [1.165, 1.54) is 0 Å². The zero-order valence-electron chi connectivity index (χ0n) is 11.7. The maximum atomic E-state index is 12.1. The number of carboxylic acid groups (broad SMARTS) is 1. The van der Waals surface area contributed by atoms with Crippen molar-refractivity contribution in [1.29, 1.82) is 0 Å². The molecule has 104 valence electrons. The number of carboxylic acids is 1. The van der Waals surface area contributed by atoms with Crippen LogP contribution in [-0.2, 0) is 4.79 Å². The lowest BCUT2D eigenvalue weighted by molar-refractivity contribution is -0.142. The van der Waals surface area contributed by atoms with Gasteiger partial charge in [0.15, 0.2) is 0 Å². The second-order valence-corrected chi connectivity index (χ2v) is 5.63. The Labute approximate surface area is 112 Å². The number of aliphatic carboxylic acids is 1. The highest BCUT2D eigenvalue weighted by Gasteiger charge is 2.33. The van der Waals surface area contributed by atoms with Gasteiger partial charge in [0.25, 0.3) is 5.91 Å². The third-order valence-corrected chi connectivity index (χ3v) is 3.01. The fraction of sp³-hybridized carbons (Fsp3) is 0.429. The van der Waals surface area contributed by atoms with Gasteiger partial charge in [0.05, 0.1) is 0 Å². The first-order chi connectivity index (χ1) is 8.64. The van der Waals surface area contributed by atoms with Crippen LogP contribution >= 0.6 is 0 Å². The molecule has 1 amide bonds. The van der Waals surface area contributed by atoms with Crippen molar-refractivity contribution < 1.29 is 14.7 Å². The molecule has 1 aromatic carbocycles. The van der Waals surface area contributed by atoms with E-state index in [4.69, 9.17) is 5.73 Å². The van der Waals surface area contributed by atoms with Gasteiger partial charge in [0.1, 0.15) is 6.04 Å². The average Bonchev–Trinajstić information content (AvgIpc) is 2.27. The first kappa shape index (κ1) is 15.0.